The quantitative estimate of drug-likeness (QED) is 0.268. The molecule has 4 bridgehead atoms. The van der Waals surface area contributed by atoms with Crippen molar-refractivity contribution < 1.29 is 43.9 Å². The first-order valence-electron chi connectivity index (χ1n) is 7.32. The second-order valence-electron chi connectivity index (χ2n) is 6.99. The standard InChI is InChI=1S/C13H23N2O3PS.Na/c14-12(7-20-19(16,17)18)15-8-13-4-9-1-10(5-13)3-11(2-9)6-13;/h9-11H,1-8H2,(H2,14,15)(H2,16,17,18);/q;+1. The maximum absolute atomic E-state index is 10.8. The summed E-state index contributed by atoms with van der Waals surface area (Å²) in [6, 6.07) is 0. The van der Waals surface area contributed by atoms with E-state index < -0.39 is 6.80 Å². The van der Waals surface area contributed by atoms with Crippen LogP contribution in [-0.4, -0.2) is 27.9 Å². The molecule has 0 atom stereocenters. The van der Waals surface area contributed by atoms with Gasteiger partial charge in [-0.25, -0.2) is 4.57 Å². The number of hydrogen-bond acceptors (Lipinski definition) is 3. The molecule has 114 valence electrons. The van der Waals surface area contributed by atoms with Crippen molar-refractivity contribution >= 4 is 24.0 Å². The minimum atomic E-state index is -4.05. The summed E-state index contributed by atoms with van der Waals surface area (Å²) in [5.74, 6) is 3.16. The fraction of sp³-hybridized carbons (Fsp3) is 0.923. The fourth-order valence-corrected chi connectivity index (χ4v) is 6.24. The van der Waals surface area contributed by atoms with E-state index in [4.69, 9.17) is 15.5 Å². The van der Waals surface area contributed by atoms with Crippen molar-refractivity contribution in [2.24, 2.45) is 33.9 Å². The Morgan fingerprint density at radius 3 is 2.10 bits per heavy atom. The second kappa shape index (κ2) is 6.84. The minimum Gasteiger partial charge on any atom is -0.387 e. The second-order valence-corrected chi connectivity index (χ2v) is 10.7. The number of rotatable bonds is 5. The third-order valence-electron chi connectivity index (χ3n) is 5.16. The maximum Gasteiger partial charge on any atom is 1.00 e. The van der Waals surface area contributed by atoms with Gasteiger partial charge in [0.15, 0.2) is 0 Å². The van der Waals surface area contributed by atoms with Crippen molar-refractivity contribution in [3.05, 3.63) is 0 Å². The van der Waals surface area contributed by atoms with Crippen LogP contribution in [0, 0.1) is 23.2 Å². The molecule has 0 aromatic heterocycles. The van der Waals surface area contributed by atoms with E-state index in [9.17, 15) is 4.57 Å². The van der Waals surface area contributed by atoms with Crippen LogP contribution < -0.4 is 35.3 Å². The van der Waals surface area contributed by atoms with Crippen molar-refractivity contribution in [1.82, 2.24) is 0 Å². The van der Waals surface area contributed by atoms with Crippen LogP contribution in [0.1, 0.15) is 38.5 Å². The summed E-state index contributed by atoms with van der Waals surface area (Å²) in [5, 5.41) is 0. The molecule has 0 unspecified atom stereocenters. The third-order valence-corrected chi connectivity index (χ3v) is 7.32. The number of nitrogens with zero attached hydrogens (tertiary/aromatic N) is 1. The molecule has 5 nitrogen and oxygen atoms in total. The van der Waals surface area contributed by atoms with E-state index in [1.54, 1.807) is 0 Å². The SMILES string of the molecule is NC(CSP(=O)(O)O)=NCC12CC3CC(CC(C3)C1)C2.[Na+]. The normalized spacial score (nSPS) is 38.4. The molecule has 4 N–H and O–H groups in total. The first-order valence-corrected chi connectivity index (χ1v) is 10.5. The van der Waals surface area contributed by atoms with Crippen molar-refractivity contribution in [3.63, 3.8) is 0 Å². The summed E-state index contributed by atoms with van der Waals surface area (Å²) in [6.07, 6.45) is 8.07. The number of aliphatic imine (C=N–C) groups is 1. The topological polar surface area (TPSA) is 95.9 Å². The summed E-state index contributed by atoms with van der Waals surface area (Å²) in [7, 11) is 0. The van der Waals surface area contributed by atoms with E-state index in [1.165, 1.54) is 38.5 Å². The summed E-state index contributed by atoms with van der Waals surface area (Å²) in [4.78, 5) is 22.1. The van der Waals surface area contributed by atoms with Crippen LogP contribution in [0.15, 0.2) is 4.99 Å². The van der Waals surface area contributed by atoms with Gasteiger partial charge in [-0.2, -0.15) is 0 Å². The van der Waals surface area contributed by atoms with E-state index >= 15 is 0 Å². The monoisotopic (exact) mass is 341 g/mol. The summed E-state index contributed by atoms with van der Waals surface area (Å²) in [5.41, 5.74) is 6.14. The summed E-state index contributed by atoms with van der Waals surface area (Å²) >= 11 is 0.570. The third kappa shape index (κ3) is 4.72. The Balaban J connectivity index is 0.00000161. The molecular weight excluding hydrogens is 318 g/mol. The average Bonchev–Trinajstić information content (AvgIpc) is 2.31. The molecule has 8 heteroatoms. The molecule has 4 fully saturated rings. The fourth-order valence-electron chi connectivity index (χ4n) is 4.95. The molecule has 0 heterocycles. The Bertz CT molecular complexity index is 433. The van der Waals surface area contributed by atoms with Crippen molar-refractivity contribution in [2.75, 3.05) is 12.3 Å². The molecule has 0 saturated heterocycles. The molecule has 4 aliphatic rings. The molecule has 4 rings (SSSR count). The molecule has 21 heavy (non-hydrogen) atoms. The van der Waals surface area contributed by atoms with Crippen LogP contribution in [0.25, 0.3) is 0 Å². The van der Waals surface area contributed by atoms with Crippen LogP contribution in [0.5, 0.6) is 0 Å². The van der Waals surface area contributed by atoms with Crippen LogP contribution in [0.3, 0.4) is 0 Å². The molecule has 0 spiro atoms. The van der Waals surface area contributed by atoms with Gasteiger partial charge in [0.25, 0.3) is 0 Å². The van der Waals surface area contributed by atoms with Crippen molar-refractivity contribution in [3.8, 4) is 0 Å². The molecular formula is C13H23N2NaO3PS+. The molecule has 0 radical (unpaired) electrons. The van der Waals surface area contributed by atoms with Crippen LogP contribution >= 0.6 is 18.2 Å². The Morgan fingerprint density at radius 2 is 1.67 bits per heavy atom. The van der Waals surface area contributed by atoms with E-state index in [-0.39, 0.29) is 35.3 Å². The van der Waals surface area contributed by atoms with Gasteiger partial charge >= 0.3 is 36.4 Å². The van der Waals surface area contributed by atoms with E-state index in [2.05, 4.69) is 4.99 Å². The van der Waals surface area contributed by atoms with Gasteiger partial charge in [0, 0.05) is 6.54 Å². The molecule has 4 saturated carbocycles. The first-order chi connectivity index (χ1) is 9.34. The van der Waals surface area contributed by atoms with Gasteiger partial charge in [0.05, 0.1) is 5.75 Å². The number of hydrogen-bond donors (Lipinski definition) is 3. The van der Waals surface area contributed by atoms with Gasteiger partial charge in [-0.1, -0.05) is 0 Å². The van der Waals surface area contributed by atoms with Crippen LogP contribution in [0.4, 0.5) is 0 Å². The van der Waals surface area contributed by atoms with Gasteiger partial charge in [0.2, 0.25) is 0 Å². The van der Waals surface area contributed by atoms with Gasteiger partial charge in [0.1, 0.15) is 5.84 Å². The first kappa shape index (κ1) is 18.3. The zero-order chi connectivity index (χ0) is 14.4. The molecule has 0 aromatic carbocycles. The zero-order valence-corrected chi connectivity index (χ0v) is 16.3. The van der Waals surface area contributed by atoms with Crippen LogP contribution in [0.2, 0.25) is 0 Å². The van der Waals surface area contributed by atoms with Crippen LogP contribution in [-0.2, 0) is 4.57 Å². The largest absolute Gasteiger partial charge is 1.00 e. The van der Waals surface area contributed by atoms with Gasteiger partial charge in [-0.3, -0.25) is 4.99 Å². The Hall–Kier alpha value is 0.970. The molecule has 0 aromatic rings. The van der Waals surface area contributed by atoms with E-state index in [0.29, 0.717) is 22.6 Å². The van der Waals surface area contributed by atoms with Crippen molar-refractivity contribution in [1.29, 1.82) is 0 Å². The predicted octanol–water partition coefficient (Wildman–Crippen LogP) is -0.610. The predicted molar refractivity (Wildman–Crippen MR) is 81.6 cm³/mol. The summed E-state index contributed by atoms with van der Waals surface area (Å²) in [6.45, 7) is -3.29. The maximum atomic E-state index is 10.8. The zero-order valence-electron chi connectivity index (χ0n) is 12.6. The molecule has 4 aliphatic carbocycles. The Labute approximate surface area is 152 Å². The average molecular weight is 341 g/mol. The van der Waals surface area contributed by atoms with E-state index in [1.807, 2.05) is 0 Å². The molecule has 0 aliphatic heterocycles. The smallest absolute Gasteiger partial charge is 0.387 e. The number of nitrogens with two attached hydrogens (primary N) is 1. The Morgan fingerprint density at radius 1 is 1.19 bits per heavy atom. The van der Waals surface area contributed by atoms with E-state index in [0.717, 1.165) is 24.3 Å². The molecule has 0 amide bonds. The Kier molecular flexibility index (Phi) is 5.96. The van der Waals surface area contributed by atoms with Gasteiger partial charge in [-0.05, 0) is 73.1 Å². The van der Waals surface area contributed by atoms with Gasteiger partial charge in [-0.15, -0.1) is 0 Å². The van der Waals surface area contributed by atoms with Gasteiger partial charge < -0.3 is 15.5 Å². The number of amidine groups is 1. The summed E-state index contributed by atoms with van der Waals surface area (Å²) < 4.78 is 10.8. The van der Waals surface area contributed by atoms with Crippen molar-refractivity contribution in [2.45, 2.75) is 38.5 Å². The minimum absolute atomic E-state index is 0.